The number of hydrogen-bond acceptors (Lipinski definition) is 2. The maximum Gasteiger partial charge on any atom is 0.141 e. The van der Waals surface area contributed by atoms with Crippen LogP contribution >= 0.6 is 23.2 Å². The molecule has 0 N–H and O–H groups in total. The second-order valence-electron chi connectivity index (χ2n) is 4.74. The molecule has 0 unspecified atom stereocenters. The fraction of sp³-hybridized carbons (Fsp3) is 0.286. The summed E-state index contributed by atoms with van der Waals surface area (Å²) in [7, 11) is 0. The molecule has 0 fully saturated rings. The third kappa shape index (κ3) is 2.36. The van der Waals surface area contributed by atoms with E-state index in [2.05, 4.69) is 23.8 Å². The van der Waals surface area contributed by atoms with Gasteiger partial charge in [-0.15, -0.1) is 0 Å². The first-order valence-corrected chi connectivity index (χ1v) is 6.44. The van der Waals surface area contributed by atoms with Gasteiger partial charge < -0.3 is 0 Å². The highest BCUT2D eigenvalue weighted by Crippen LogP contribution is 2.31. The van der Waals surface area contributed by atoms with Gasteiger partial charge >= 0.3 is 0 Å². The van der Waals surface area contributed by atoms with Gasteiger partial charge in [0.05, 0.1) is 0 Å². The zero-order chi connectivity index (χ0) is 13.3. The molecule has 1 aromatic heterocycles. The predicted molar refractivity (Wildman–Crippen MR) is 75.4 cm³/mol. The van der Waals surface area contributed by atoms with Crippen LogP contribution in [0.1, 0.15) is 30.8 Å². The molecule has 94 valence electrons. The van der Waals surface area contributed by atoms with Crippen LogP contribution in [0.15, 0.2) is 30.3 Å². The van der Waals surface area contributed by atoms with Crippen molar-refractivity contribution < 1.29 is 0 Å². The van der Waals surface area contributed by atoms with E-state index in [4.69, 9.17) is 23.2 Å². The quantitative estimate of drug-likeness (QED) is 0.761. The van der Waals surface area contributed by atoms with Crippen LogP contribution in [0.5, 0.6) is 0 Å². The van der Waals surface area contributed by atoms with E-state index in [-0.39, 0.29) is 5.41 Å². The van der Waals surface area contributed by atoms with Gasteiger partial charge in [-0.05, 0) is 26.3 Å². The van der Waals surface area contributed by atoms with Gasteiger partial charge in [-0.3, -0.25) is 0 Å². The molecule has 2 rings (SSSR count). The molecule has 0 aliphatic rings. The van der Waals surface area contributed by atoms with Crippen LogP contribution in [0.2, 0.25) is 10.3 Å². The first-order chi connectivity index (χ1) is 8.43. The Bertz CT molecular complexity index is 542. The summed E-state index contributed by atoms with van der Waals surface area (Å²) in [6.45, 7) is 5.92. The van der Waals surface area contributed by atoms with Gasteiger partial charge in [0.25, 0.3) is 0 Å². The van der Waals surface area contributed by atoms with Crippen molar-refractivity contribution in [2.75, 3.05) is 0 Å². The average molecular weight is 281 g/mol. The molecule has 0 amide bonds. The van der Waals surface area contributed by atoms with Gasteiger partial charge in [0.15, 0.2) is 0 Å². The minimum atomic E-state index is -0.331. The first kappa shape index (κ1) is 13.3. The summed E-state index contributed by atoms with van der Waals surface area (Å²) in [6.07, 6.45) is 0. The summed E-state index contributed by atoms with van der Waals surface area (Å²) in [5.74, 6) is 0.634. The van der Waals surface area contributed by atoms with Crippen LogP contribution in [0.3, 0.4) is 0 Å². The molecule has 0 saturated carbocycles. The number of rotatable bonds is 2. The minimum Gasteiger partial charge on any atom is -0.220 e. The lowest BCUT2D eigenvalue weighted by Gasteiger charge is -2.24. The summed E-state index contributed by atoms with van der Waals surface area (Å²) in [6, 6.07) is 10.1. The fourth-order valence-electron chi connectivity index (χ4n) is 1.73. The minimum absolute atomic E-state index is 0.331. The van der Waals surface area contributed by atoms with Crippen molar-refractivity contribution in [3.8, 4) is 0 Å². The lowest BCUT2D eigenvalue weighted by Crippen LogP contribution is -2.22. The standard InChI is InChI=1S/C14H14Cl2N2/c1-9-11(15)17-13(18-12(9)16)14(2,3)10-7-5-4-6-8-10/h4-8H,1-3H3. The summed E-state index contributed by atoms with van der Waals surface area (Å²) in [5, 5.41) is 0.822. The molecule has 0 bridgehead atoms. The maximum absolute atomic E-state index is 6.08. The zero-order valence-electron chi connectivity index (χ0n) is 10.5. The molecule has 0 atom stereocenters. The van der Waals surface area contributed by atoms with Crippen LogP contribution in [-0.4, -0.2) is 9.97 Å². The number of halogens is 2. The normalized spacial score (nSPS) is 11.6. The fourth-order valence-corrected chi connectivity index (χ4v) is 2.11. The molecule has 0 aliphatic carbocycles. The molecular formula is C14H14Cl2N2. The predicted octanol–water partition coefficient (Wildman–Crippen LogP) is 4.42. The second kappa shape index (κ2) is 4.87. The van der Waals surface area contributed by atoms with Crippen molar-refractivity contribution in [1.29, 1.82) is 0 Å². The first-order valence-electron chi connectivity index (χ1n) is 5.68. The van der Waals surface area contributed by atoms with Crippen molar-refractivity contribution in [2.24, 2.45) is 0 Å². The number of nitrogens with zero attached hydrogens (tertiary/aromatic N) is 2. The number of aromatic nitrogens is 2. The molecule has 18 heavy (non-hydrogen) atoms. The van der Waals surface area contributed by atoms with Crippen LogP contribution in [0, 0.1) is 6.92 Å². The van der Waals surface area contributed by atoms with E-state index in [1.807, 2.05) is 37.3 Å². The summed E-state index contributed by atoms with van der Waals surface area (Å²) < 4.78 is 0. The van der Waals surface area contributed by atoms with E-state index in [0.29, 0.717) is 21.7 Å². The van der Waals surface area contributed by atoms with Crippen LogP contribution < -0.4 is 0 Å². The molecule has 0 saturated heterocycles. The van der Waals surface area contributed by atoms with E-state index >= 15 is 0 Å². The third-order valence-corrected chi connectivity index (χ3v) is 3.82. The molecule has 2 aromatic rings. The van der Waals surface area contributed by atoms with Crippen molar-refractivity contribution in [3.05, 3.63) is 57.6 Å². The van der Waals surface area contributed by atoms with Crippen LogP contribution in [0.25, 0.3) is 0 Å². The molecule has 1 heterocycles. The molecule has 0 radical (unpaired) electrons. The van der Waals surface area contributed by atoms with E-state index < -0.39 is 0 Å². The largest absolute Gasteiger partial charge is 0.220 e. The number of hydrogen-bond donors (Lipinski definition) is 0. The van der Waals surface area contributed by atoms with Gasteiger partial charge in [-0.1, -0.05) is 53.5 Å². The highest BCUT2D eigenvalue weighted by molar-refractivity contribution is 6.34. The Morgan fingerprint density at radius 3 is 1.94 bits per heavy atom. The Hall–Kier alpha value is -1.12. The van der Waals surface area contributed by atoms with Gasteiger partial charge in [0.2, 0.25) is 0 Å². The smallest absolute Gasteiger partial charge is 0.141 e. The SMILES string of the molecule is Cc1c(Cl)nc(C(C)(C)c2ccccc2)nc1Cl. The van der Waals surface area contributed by atoms with E-state index in [9.17, 15) is 0 Å². The lowest BCUT2D eigenvalue weighted by atomic mass is 9.84. The van der Waals surface area contributed by atoms with Gasteiger partial charge in [-0.2, -0.15) is 0 Å². The Labute approximate surface area is 117 Å². The number of benzene rings is 1. The Balaban J connectivity index is 2.54. The lowest BCUT2D eigenvalue weighted by molar-refractivity contribution is 0.589. The van der Waals surface area contributed by atoms with Gasteiger partial charge in [-0.25, -0.2) is 9.97 Å². The molecule has 0 aliphatic heterocycles. The third-order valence-electron chi connectivity index (χ3n) is 3.08. The molecule has 2 nitrogen and oxygen atoms in total. The van der Waals surface area contributed by atoms with Crippen molar-refractivity contribution >= 4 is 23.2 Å². The van der Waals surface area contributed by atoms with Gasteiger partial charge in [0.1, 0.15) is 16.1 Å². The second-order valence-corrected chi connectivity index (χ2v) is 5.46. The molecule has 4 heteroatoms. The van der Waals surface area contributed by atoms with Gasteiger partial charge in [0, 0.05) is 11.0 Å². The molecular weight excluding hydrogens is 267 g/mol. The monoisotopic (exact) mass is 280 g/mol. The topological polar surface area (TPSA) is 25.8 Å². The summed E-state index contributed by atoms with van der Waals surface area (Å²) in [5.41, 5.74) is 1.51. The van der Waals surface area contributed by atoms with E-state index in [1.165, 1.54) is 0 Å². The summed E-state index contributed by atoms with van der Waals surface area (Å²) >= 11 is 12.2. The van der Waals surface area contributed by atoms with Crippen LogP contribution in [0.4, 0.5) is 0 Å². The van der Waals surface area contributed by atoms with E-state index in [0.717, 1.165) is 5.56 Å². The molecule has 0 spiro atoms. The highest BCUT2D eigenvalue weighted by atomic mass is 35.5. The maximum atomic E-state index is 6.08. The average Bonchev–Trinajstić information content (AvgIpc) is 2.36. The van der Waals surface area contributed by atoms with Crippen molar-refractivity contribution in [3.63, 3.8) is 0 Å². The molecule has 1 aromatic carbocycles. The summed E-state index contributed by atoms with van der Waals surface area (Å²) in [4.78, 5) is 8.70. The van der Waals surface area contributed by atoms with Crippen molar-refractivity contribution in [1.82, 2.24) is 9.97 Å². The van der Waals surface area contributed by atoms with Crippen molar-refractivity contribution in [2.45, 2.75) is 26.2 Å². The Morgan fingerprint density at radius 1 is 0.944 bits per heavy atom. The van der Waals surface area contributed by atoms with Crippen LogP contribution in [-0.2, 0) is 5.41 Å². The zero-order valence-corrected chi connectivity index (χ0v) is 12.0. The Kier molecular flexibility index (Phi) is 3.60. The van der Waals surface area contributed by atoms with E-state index in [1.54, 1.807) is 0 Å². The Morgan fingerprint density at radius 2 is 1.44 bits per heavy atom. The highest BCUT2D eigenvalue weighted by Gasteiger charge is 2.27.